The quantitative estimate of drug-likeness (QED) is 0.110. The second kappa shape index (κ2) is 36.7. The zero-order valence-corrected chi connectivity index (χ0v) is 58.8. The summed E-state index contributed by atoms with van der Waals surface area (Å²) >= 11 is 0. The van der Waals surface area contributed by atoms with E-state index in [0.717, 1.165) is 67.7 Å². The molecular weight excluding hydrogens is 1090 g/mol. The summed E-state index contributed by atoms with van der Waals surface area (Å²) in [5, 5.41) is 8.71. The maximum Gasteiger partial charge on any atom is 0.126 e. The Balaban J connectivity index is 0.000000514. The third-order valence-corrected chi connectivity index (χ3v) is 12.5. The van der Waals surface area contributed by atoms with Gasteiger partial charge in [-0.2, -0.15) is 5.26 Å². The minimum absolute atomic E-state index is 0.0558. The van der Waals surface area contributed by atoms with Crippen molar-refractivity contribution in [2.75, 3.05) is 0 Å². The molecule has 0 aliphatic rings. The fourth-order valence-electron chi connectivity index (χ4n) is 9.43. The van der Waals surface area contributed by atoms with Crippen LogP contribution < -0.4 is 0 Å². The summed E-state index contributed by atoms with van der Waals surface area (Å²) in [6, 6.07) is 53.7. The number of nitriles is 1. The molecule has 0 saturated heterocycles. The first-order valence-electron chi connectivity index (χ1n) is 31.4. The molecule has 7 aromatic rings. The molecule has 0 fully saturated rings. The molecule has 478 valence electrons. The lowest BCUT2D eigenvalue weighted by Crippen LogP contribution is -2.09. The van der Waals surface area contributed by atoms with Crippen molar-refractivity contribution in [2.45, 2.75) is 211 Å². The summed E-state index contributed by atoms with van der Waals surface area (Å²) in [6.07, 6.45) is 13.3. The van der Waals surface area contributed by atoms with E-state index in [2.05, 4.69) is 235 Å². The van der Waals surface area contributed by atoms with Crippen LogP contribution in [0.2, 0.25) is 0 Å². The van der Waals surface area contributed by atoms with Gasteiger partial charge in [0.2, 0.25) is 0 Å². The molecule has 0 saturated carbocycles. The topological polar surface area (TPSA) is 23.8 Å². The van der Waals surface area contributed by atoms with E-state index in [1.165, 1.54) is 57.6 Å². The van der Waals surface area contributed by atoms with Crippen LogP contribution in [-0.4, -0.2) is 0 Å². The summed E-state index contributed by atoms with van der Waals surface area (Å²) in [4.78, 5) is 0. The molecule has 0 aromatic heterocycles. The Bertz CT molecular complexity index is 3140. The van der Waals surface area contributed by atoms with Crippen molar-refractivity contribution < 1.29 is 17.6 Å². The van der Waals surface area contributed by atoms with E-state index in [1.807, 2.05) is 51.1 Å². The van der Waals surface area contributed by atoms with Gasteiger partial charge in [-0.1, -0.05) is 267 Å². The van der Waals surface area contributed by atoms with Crippen LogP contribution in [0.3, 0.4) is 0 Å². The predicted molar refractivity (Wildman–Crippen MR) is 374 cm³/mol. The molecule has 0 atom stereocenters. The van der Waals surface area contributed by atoms with Crippen molar-refractivity contribution in [3.63, 3.8) is 0 Å². The molecule has 0 spiro atoms. The number of aryl methyl sites for hydroxylation is 2. The van der Waals surface area contributed by atoms with Gasteiger partial charge in [-0.15, -0.1) is 6.42 Å². The summed E-state index contributed by atoms with van der Waals surface area (Å²) in [5.41, 5.74) is 14.4. The third kappa shape index (κ3) is 43.0. The summed E-state index contributed by atoms with van der Waals surface area (Å²) < 4.78 is 51.4. The number of rotatable bonds is 8. The lowest BCUT2D eigenvalue weighted by atomic mass is 9.87. The Kier molecular flexibility index (Phi) is 33.1. The maximum absolute atomic E-state index is 13.1. The van der Waals surface area contributed by atoms with E-state index in [-0.39, 0.29) is 33.3 Å². The van der Waals surface area contributed by atoms with Crippen LogP contribution in [0, 0.1) is 91.8 Å². The molecule has 1 nitrogen and oxygen atoms in total. The first-order chi connectivity index (χ1) is 40.3. The fourth-order valence-corrected chi connectivity index (χ4v) is 9.43. The van der Waals surface area contributed by atoms with Crippen LogP contribution in [0.4, 0.5) is 17.6 Å². The summed E-state index contributed by atoms with van der Waals surface area (Å²) in [7, 11) is 0. The minimum atomic E-state index is -0.501. The average molecular weight is 1200 g/mol. The van der Waals surface area contributed by atoms with Gasteiger partial charge in [0.25, 0.3) is 0 Å². The van der Waals surface area contributed by atoms with Crippen molar-refractivity contribution >= 4 is 0 Å². The van der Waals surface area contributed by atoms with Gasteiger partial charge in [0.15, 0.2) is 0 Å². The Hall–Kier alpha value is -6.69. The Morgan fingerprint density at radius 3 is 0.977 bits per heavy atom. The van der Waals surface area contributed by atoms with E-state index in [9.17, 15) is 17.6 Å². The second-order valence-corrected chi connectivity index (χ2v) is 32.0. The minimum Gasteiger partial charge on any atom is -0.207 e. The van der Waals surface area contributed by atoms with Crippen molar-refractivity contribution in [1.82, 2.24) is 0 Å². The van der Waals surface area contributed by atoms with Crippen molar-refractivity contribution in [3.8, 4) is 18.4 Å². The molecule has 0 radical (unpaired) electrons. The molecule has 5 heteroatoms. The van der Waals surface area contributed by atoms with Crippen LogP contribution >= 0.6 is 0 Å². The third-order valence-electron chi connectivity index (χ3n) is 12.5. The number of hydrogen-bond acceptors (Lipinski definition) is 1. The van der Waals surface area contributed by atoms with E-state index in [1.54, 1.807) is 18.2 Å². The number of terminal acetylenes is 1. The van der Waals surface area contributed by atoms with Crippen LogP contribution in [0.15, 0.2) is 164 Å². The smallest absolute Gasteiger partial charge is 0.126 e. The highest BCUT2D eigenvalue weighted by molar-refractivity contribution is 5.37. The van der Waals surface area contributed by atoms with Gasteiger partial charge in [0.05, 0.1) is 11.6 Å². The molecule has 7 rings (SSSR count). The van der Waals surface area contributed by atoms with Crippen molar-refractivity contribution in [1.29, 1.82) is 5.26 Å². The Labute approximate surface area is 535 Å². The first kappa shape index (κ1) is 79.3. The molecule has 0 aliphatic carbocycles. The highest BCUT2D eigenvalue weighted by Gasteiger charge is 2.16. The van der Waals surface area contributed by atoms with Gasteiger partial charge in [0, 0.05) is 11.6 Å². The molecule has 0 heterocycles. The van der Waals surface area contributed by atoms with Crippen LogP contribution in [-0.2, 0) is 51.4 Å². The molecule has 0 unspecified atom stereocenters. The van der Waals surface area contributed by atoms with Gasteiger partial charge < -0.3 is 0 Å². The Morgan fingerprint density at radius 2 is 0.602 bits per heavy atom. The summed E-state index contributed by atoms with van der Waals surface area (Å²) in [6.45, 7) is 50.3. The molecule has 0 amide bonds. The largest absolute Gasteiger partial charge is 0.207 e. The van der Waals surface area contributed by atoms with E-state index in [0.29, 0.717) is 33.8 Å². The van der Waals surface area contributed by atoms with Gasteiger partial charge in [-0.05, 0) is 195 Å². The van der Waals surface area contributed by atoms with E-state index >= 15 is 0 Å². The van der Waals surface area contributed by atoms with Crippen molar-refractivity contribution in [2.24, 2.45) is 37.9 Å². The average Bonchev–Trinajstić information content (AvgIpc) is 3.55. The first-order valence-corrected chi connectivity index (χ1v) is 31.4. The molecular formula is C83H113F4N. The van der Waals surface area contributed by atoms with Crippen LogP contribution in [0.5, 0.6) is 0 Å². The fraction of sp³-hybridized carbons (Fsp3) is 0.458. The number of halogens is 4. The number of nitrogens with zero attached hydrogens (tertiary/aromatic N) is 1. The Morgan fingerprint density at radius 1 is 0.307 bits per heavy atom. The number of hydrogen-bond donors (Lipinski definition) is 0. The zero-order chi connectivity index (χ0) is 67.3. The van der Waals surface area contributed by atoms with E-state index in [4.69, 9.17) is 11.7 Å². The molecule has 0 N–H and O–H groups in total. The standard InChI is InChI=1S/C13H15F.C13H20.C12H15N.C12H18.C11H14F2.C11H15F.C11H16/c1-5-10-6-11(8-12(14)7-10)9-13(2,3)4;1-5-11-6-8-12(9-7-11)10-13(2,3)4;1-12(2,3)8-10-5-4-6-11(7-10)9-13;1-10-5-7-11(8-6-10)9-12(2,3)4;1-11(2,3)7-8-4-9(12)6-10(13)5-8;1-11(2,3)8-9-5-4-6-10(12)7-9;1-11(2,3)9-10-7-5-4-6-8-10/h1,6-8H,9H2,2-4H3;6-9H,5,10H2,1-4H3;4-7H,8H2,1-3H3;5-8H,9H2,1-4H3;4-6H,7H2,1-3H3;4-7H,8H2,1-3H3;4-8H,9H2,1-3H3. The molecule has 0 bridgehead atoms. The highest BCUT2D eigenvalue weighted by atomic mass is 19.1. The lowest BCUT2D eigenvalue weighted by molar-refractivity contribution is 0.409. The molecule has 7 aromatic carbocycles. The zero-order valence-electron chi connectivity index (χ0n) is 58.8. The van der Waals surface area contributed by atoms with Gasteiger partial charge in [-0.25, -0.2) is 17.6 Å². The predicted octanol–water partition coefficient (Wildman–Crippen LogP) is 24.2. The van der Waals surface area contributed by atoms with Gasteiger partial charge >= 0.3 is 0 Å². The van der Waals surface area contributed by atoms with E-state index < -0.39 is 11.6 Å². The normalized spacial score (nSPS) is 11.5. The second-order valence-electron chi connectivity index (χ2n) is 32.0. The van der Waals surface area contributed by atoms with Crippen molar-refractivity contribution in [3.05, 3.63) is 248 Å². The SMILES string of the molecule is C#Cc1cc(F)cc(CC(C)(C)C)c1.CC(C)(C)Cc1cc(F)cc(F)c1.CC(C)(C)Cc1cccc(C#N)c1.CC(C)(C)Cc1cccc(F)c1.CC(C)(C)Cc1ccccc1.CCc1ccc(CC(C)(C)C)cc1.Cc1ccc(CC(C)(C)C)cc1. The highest BCUT2D eigenvalue weighted by Crippen LogP contribution is 2.26. The van der Waals surface area contributed by atoms with Gasteiger partial charge in [-0.3, -0.25) is 0 Å². The lowest BCUT2D eigenvalue weighted by Gasteiger charge is -2.18. The van der Waals surface area contributed by atoms with Crippen LogP contribution in [0.1, 0.15) is 214 Å². The monoisotopic (exact) mass is 1200 g/mol. The summed E-state index contributed by atoms with van der Waals surface area (Å²) in [5.74, 6) is 1.06. The van der Waals surface area contributed by atoms with Gasteiger partial charge in [0.1, 0.15) is 23.3 Å². The molecule has 0 aliphatic heterocycles. The maximum atomic E-state index is 13.1. The van der Waals surface area contributed by atoms with Crippen LogP contribution in [0.25, 0.3) is 0 Å². The molecule has 88 heavy (non-hydrogen) atoms. The number of benzene rings is 7.